The van der Waals surface area contributed by atoms with Gasteiger partial charge in [0, 0.05) is 31.4 Å². The van der Waals surface area contributed by atoms with E-state index >= 15 is 0 Å². The van der Waals surface area contributed by atoms with Gasteiger partial charge in [0.25, 0.3) is 11.5 Å². The molecule has 0 atom stereocenters. The van der Waals surface area contributed by atoms with Crippen LogP contribution in [-0.4, -0.2) is 43.8 Å². The summed E-state index contributed by atoms with van der Waals surface area (Å²) in [6.07, 6.45) is 2.13. The predicted molar refractivity (Wildman–Crippen MR) is 137 cm³/mol. The average molecular weight is 612 g/mol. The van der Waals surface area contributed by atoms with Crippen LogP contribution in [0.1, 0.15) is 21.8 Å². The van der Waals surface area contributed by atoms with Crippen LogP contribution in [0, 0.1) is 3.70 Å². The van der Waals surface area contributed by atoms with Gasteiger partial charge >= 0.3 is 0 Å². The molecule has 0 radical (unpaired) electrons. The first-order chi connectivity index (χ1) is 16.5. The van der Waals surface area contributed by atoms with Crippen molar-refractivity contribution < 1.29 is 14.6 Å². The molecule has 0 saturated heterocycles. The molecule has 176 valence electrons. The van der Waals surface area contributed by atoms with E-state index in [1.165, 1.54) is 22.0 Å². The highest BCUT2D eigenvalue weighted by molar-refractivity contribution is 14.1. The number of aliphatic hydroxyl groups is 1. The van der Waals surface area contributed by atoms with Gasteiger partial charge in [-0.3, -0.25) is 14.2 Å². The molecule has 34 heavy (non-hydrogen) atoms. The summed E-state index contributed by atoms with van der Waals surface area (Å²) < 4.78 is 10.3. The van der Waals surface area contributed by atoms with Crippen molar-refractivity contribution in [1.82, 2.24) is 24.9 Å². The number of aliphatic hydroxyl groups excluding tert-OH is 1. The van der Waals surface area contributed by atoms with E-state index in [9.17, 15) is 9.59 Å². The maximum Gasteiger partial charge on any atom is 0.261 e. The number of nitrogens with zero attached hydrogens (tertiary/aromatic N) is 4. The maximum atomic E-state index is 12.3. The lowest BCUT2D eigenvalue weighted by Crippen LogP contribution is -2.22. The summed E-state index contributed by atoms with van der Waals surface area (Å²) in [4.78, 5) is 25.1. The quantitative estimate of drug-likeness (QED) is 0.222. The minimum atomic E-state index is -0.243. The van der Waals surface area contributed by atoms with Gasteiger partial charge in [-0.05, 0) is 52.9 Å². The maximum absolute atomic E-state index is 12.3. The van der Waals surface area contributed by atoms with Crippen molar-refractivity contribution in [3.8, 4) is 17.1 Å². The second-order valence-corrected chi connectivity index (χ2v) is 9.75. The highest BCUT2D eigenvalue weighted by Gasteiger charge is 2.18. The molecule has 0 aliphatic heterocycles. The van der Waals surface area contributed by atoms with Crippen LogP contribution in [0.15, 0.2) is 59.5 Å². The minimum Gasteiger partial charge on any atom is -0.491 e. The number of carbonyl (C=O) groups excluding carboxylic acids is 1. The summed E-state index contributed by atoms with van der Waals surface area (Å²) >= 11 is 9.21. The Morgan fingerprint density at radius 3 is 2.82 bits per heavy atom. The van der Waals surface area contributed by atoms with E-state index in [1.54, 1.807) is 53.3 Å². The largest absolute Gasteiger partial charge is 0.491 e. The molecule has 0 spiro atoms. The zero-order chi connectivity index (χ0) is 24.1. The van der Waals surface area contributed by atoms with E-state index in [-0.39, 0.29) is 31.2 Å². The van der Waals surface area contributed by atoms with E-state index < -0.39 is 0 Å². The number of aromatic nitrogens is 4. The van der Waals surface area contributed by atoms with Crippen LogP contribution in [0.3, 0.4) is 0 Å². The third-order valence-corrected chi connectivity index (χ3v) is 7.03. The fourth-order valence-electron chi connectivity index (χ4n) is 3.08. The lowest BCUT2D eigenvalue weighted by atomic mass is 10.2. The van der Waals surface area contributed by atoms with E-state index in [4.69, 9.17) is 21.4 Å². The van der Waals surface area contributed by atoms with Crippen LogP contribution in [-0.2, 0) is 6.54 Å². The normalized spacial score (nSPS) is 10.9. The SMILES string of the molecule is O=C(NCc1nnn(-c2ccc(-n3ccccc3=O)cc2OCCCO)c1I)c1ccc(Cl)s1. The van der Waals surface area contributed by atoms with Crippen molar-refractivity contribution in [2.75, 3.05) is 13.2 Å². The summed E-state index contributed by atoms with van der Waals surface area (Å²) in [5.74, 6) is 0.237. The molecule has 0 saturated carbocycles. The van der Waals surface area contributed by atoms with Gasteiger partial charge in [-0.15, -0.1) is 16.4 Å². The number of rotatable bonds is 9. The van der Waals surface area contributed by atoms with Gasteiger partial charge in [0.2, 0.25) is 0 Å². The van der Waals surface area contributed by atoms with Gasteiger partial charge in [0.05, 0.1) is 28.1 Å². The van der Waals surface area contributed by atoms with Crippen molar-refractivity contribution in [1.29, 1.82) is 0 Å². The van der Waals surface area contributed by atoms with Crippen LogP contribution < -0.4 is 15.6 Å². The Balaban J connectivity index is 1.61. The van der Waals surface area contributed by atoms with Crippen LogP contribution in [0.4, 0.5) is 0 Å². The molecule has 0 aliphatic carbocycles. The molecule has 3 aromatic heterocycles. The van der Waals surface area contributed by atoms with Gasteiger partial charge in [-0.25, -0.2) is 4.68 Å². The van der Waals surface area contributed by atoms with Gasteiger partial charge in [0.1, 0.15) is 20.8 Å². The Kier molecular flexibility index (Phi) is 7.98. The Bertz CT molecular complexity index is 1370. The predicted octanol–water partition coefficient (Wildman–Crippen LogP) is 3.43. The molecule has 2 N–H and O–H groups in total. The molecule has 1 amide bonds. The van der Waals surface area contributed by atoms with Crippen molar-refractivity contribution >= 4 is 51.4 Å². The smallest absolute Gasteiger partial charge is 0.261 e. The minimum absolute atomic E-state index is 0.00662. The first-order valence-corrected chi connectivity index (χ1v) is 12.4. The van der Waals surface area contributed by atoms with E-state index in [0.29, 0.717) is 42.2 Å². The van der Waals surface area contributed by atoms with Crippen LogP contribution in [0.25, 0.3) is 11.4 Å². The number of hydrogen-bond acceptors (Lipinski definition) is 7. The number of ether oxygens (including phenoxy) is 1. The summed E-state index contributed by atoms with van der Waals surface area (Å²) in [5, 5.41) is 20.4. The molecule has 0 fully saturated rings. The summed E-state index contributed by atoms with van der Waals surface area (Å²) in [6.45, 7) is 0.465. The first kappa shape index (κ1) is 24.4. The lowest BCUT2D eigenvalue weighted by Gasteiger charge is -2.14. The molecule has 4 aromatic rings. The molecule has 9 nitrogen and oxygen atoms in total. The molecule has 3 heterocycles. The molecule has 0 aliphatic rings. The van der Waals surface area contributed by atoms with Crippen molar-refractivity contribution in [3.63, 3.8) is 0 Å². The Morgan fingerprint density at radius 2 is 2.09 bits per heavy atom. The van der Waals surface area contributed by atoms with E-state index in [0.717, 1.165) is 0 Å². The summed E-state index contributed by atoms with van der Waals surface area (Å²) in [6, 6.07) is 13.6. The van der Waals surface area contributed by atoms with E-state index in [2.05, 4.69) is 38.2 Å². The van der Waals surface area contributed by atoms with Gasteiger partial charge < -0.3 is 15.2 Å². The molecule has 1 aromatic carbocycles. The third-order valence-electron chi connectivity index (χ3n) is 4.72. The molecule has 0 unspecified atom stereocenters. The summed E-state index contributed by atoms with van der Waals surface area (Å²) in [5.41, 5.74) is 1.66. The number of nitrogens with one attached hydrogen (secondary N) is 1. The zero-order valence-corrected chi connectivity index (χ0v) is 21.4. The number of hydrogen-bond donors (Lipinski definition) is 2. The van der Waals surface area contributed by atoms with Crippen molar-refractivity contribution in [2.24, 2.45) is 0 Å². The van der Waals surface area contributed by atoms with E-state index in [1.807, 2.05) is 0 Å². The first-order valence-electron chi connectivity index (χ1n) is 10.2. The molecular weight excluding hydrogens is 593 g/mol. The summed E-state index contributed by atoms with van der Waals surface area (Å²) in [7, 11) is 0. The second-order valence-electron chi connectivity index (χ2n) is 7.01. The monoisotopic (exact) mass is 611 g/mol. The number of thiophene rings is 1. The Labute approximate surface area is 217 Å². The highest BCUT2D eigenvalue weighted by atomic mass is 127. The van der Waals surface area contributed by atoms with Crippen LogP contribution in [0.5, 0.6) is 5.75 Å². The van der Waals surface area contributed by atoms with Crippen molar-refractivity contribution in [3.05, 3.63) is 83.7 Å². The van der Waals surface area contributed by atoms with Crippen molar-refractivity contribution in [2.45, 2.75) is 13.0 Å². The Morgan fingerprint density at radius 1 is 1.24 bits per heavy atom. The lowest BCUT2D eigenvalue weighted by molar-refractivity contribution is 0.0954. The number of amides is 1. The molecule has 4 rings (SSSR count). The van der Waals surface area contributed by atoms with Gasteiger partial charge in [0.15, 0.2) is 0 Å². The number of carbonyl (C=O) groups is 1. The standard InChI is InChI=1S/C22H19ClIN5O4S/c23-19-8-7-18(34-19)22(32)25-13-15-21(24)29(27-26-15)16-6-5-14(12-17(16)33-11-3-10-30)28-9-2-1-4-20(28)31/h1-2,4-9,12,30H,3,10-11,13H2,(H,25,32). The molecular formula is C22H19ClIN5O4S. The van der Waals surface area contributed by atoms with Crippen LogP contribution in [0.2, 0.25) is 4.34 Å². The molecule has 12 heteroatoms. The molecule has 0 bridgehead atoms. The fraction of sp³-hybridized carbons (Fsp3) is 0.182. The number of pyridine rings is 1. The Hall–Kier alpha value is -2.74. The van der Waals surface area contributed by atoms with Crippen LogP contribution >= 0.6 is 45.5 Å². The fourth-order valence-corrected chi connectivity index (χ4v) is 4.70. The topological polar surface area (TPSA) is 111 Å². The highest BCUT2D eigenvalue weighted by Crippen LogP contribution is 2.28. The average Bonchev–Trinajstić information content (AvgIpc) is 3.43. The van der Waals surface area contributed by atoms with Gasteiger partial charge in [-0.2, -0.15) is 0 Å². The zero-order valence-electron chi connectivity index (χ0n) is 17.6. The van der Waals surface area contributed by atoms with Gasteiger partial charge in [-0.1, -0.05) is 22.9 Å². The second kappa shape index (κ2) is 11.1. The number of benzene rings is 1. The number of halogens is 2. The third kappa shape index (κ3) is 5.49.